The average Bonchev–Trinajstić information content (AvgIpc) is 2.59. The normalized spacial score (nSPS) is 14.5. The predicted molar refractivity (Wildman–Crippen MR) is 96.8 cm³/mol. The third-order valence-electron chi connectivity index (χ3n) is 3.02. The van der Waals surface area contributed by atoms with Gasteiger partial charge in [0.2, 0.25) is 6.10 Å². The molecule has 0 aliphatic rings. The zero-order valence-corrected chi connectivity index (χ0v) is 16.8. The van der Waals surface area contributed by atoms with Crippen LogP contribution in [0.5, 0.6) is 0 Å². The lowest BCUT2D eigenvalue weighted by molar-refractivity contribution is -0.190. The van der Waals surface area contributed by atoms with Crippen molar-refractivity contribution in [2.75, 3.05) is 6.61 Å². The Balaban J connectivity index is 6.19. The maximum Gasteiger partial charge on any atom is 0.330 e. The molecule has 10 nitrogen and oxygen atoms in total. The van der Waals surface area contributed by atoms with Gasteiger partial charge in [-0.3, -0.25) is 19.2 Å². The van der Waals surface area contributed by atoms with Gasteiger partial charge in [0.15, 0.2) is 18.3 Å². The van der Waals surface area contributed by atoms with Crippen LogP contribution in [0.4, 0.5) is 0 Å². The molecule has 0 N–H and O–H groups in total. The van der Waals surface area contributed by atoms with Crippen LogP contribution in [0, 0.1) is 12.3 Å². The molecular weight excluding hydrogens is 388 g/mol. The first-order valence-corrected chi connectivity index (χ1v) is 8.51. The van der Waals surface area contributed by atoms with Crippen LogP contribution < -0.4 is 0 Å². The predicted octanol–water partition coefficient (Wildman–Crippen LogP) is 0.466. The van der Waals surface area contributed by atoms with E-state index in [1.54, 1.807) is 6.92 Å². The molecule has 0 aliphatic heterocycles. The number of carbonyl (C=O) groups is 5. The molecule has 0 aliphatic carbocycles. The molecule has 0 aromatic carbocycles. The van der Waals surface area contributed by atoms with Crippen molar-refractivity contribution in [3.63, 3.8) is 0 Å². The Kier molecular flexibility index (Phi) is 11.4. The molecule has 160 valence electrons. The summed E-state index contributed by atoms with van der Waals surface area (Å²) < 4.78 is 25.0. The van der Waals surface area contributed by atoms with Crippen molar-refractivity contribution in [1.82, 2.24) is 0 Å². The minimum Gasteiger partial charge on any atom is -0.463 e. The van der Waals surface area contributed by atoms with E-state index in [4.69, 9.17) is 30.1 Å². The number of ether oxygens (including phenoxy) is 5. The van der Waals surface area contributed by atoms with Gasteiger partial charge >= 0.3 is 29.8 Å². The lowest BCUT2D eigenvalue weighted by Crippen LogP contribution is -2.50. The maximum atomic E-state index is 11.6. The molecular formula is C19H24O10. The molecule has 0 fully saturated rings. The molecule has 0 aromatic rings. The monoisotopic (exact) mass is 412 g/mol. The third-order valence-corrected chi connectivity index (χ3v) is 3.02. The zero-order chi connectivity index (χ0) is 22.6. The summed E-state index contributed by atoms with van der Waals surface area (Å²) in [6.45, 7) is 5.92. The summed E-state index contributed by atoms with van der Waals surface area (Å²) in [5, 5.41) is 0. The highest BCUT2D eigenvalue weighted by atomic mass is 16.6. The zero-order valence-electron chi connectivity index (χ0n) is 16.8. The van der Waals surface area contributed by atoms with Gasteiger partial charge in [0.25, 0.3) is 0 Å². The van der Waals surface area contributed by atoms with Crippen LogP contribution >= 0.6 is 0 Å². The molecule has 0 saturated carbocycles. The van der Waals surface area contributed by atoms with Gasteiger partial charge in [-0.25, -0.2) is 4.79 Å². The number of hydrogen-bond donors (Lipinski definition) is 0. The Labute approximate surface area is 168 Å². The van der Waals surface area contributed by atoms with Gasteiger partial charge in [0.1, 0.15) is 0 Å². The molecule has 0 bridgehead atoms. The van der Waals surface area contributed by atoms with E-state index in [-0.39, 0.29) is 6.61 Å². The molecule has 0 saturated heterocycles. The minimum absolute atomic E-state index is 0.0937. The fourth-order valence-corrected chi connectivity index (χ4v) is 2.15. The highest BCUT2D eigenvalue weighted by Gasteiger charge is 2.42. The molecule has 0 radical (unpaired) electrons. The molecule has 29 heavy (non-hydrogen) atoms. The summed E-state index contributed by atoms with van der Waals surface area (Å²) in [5.74, 6) is -1.91. The van der Waals surface area contributed by atoms with Crippen molar-refractivity contribution in [2.24, 2.45) is 0 Å². The Morgan fingerprint density at radius 2 is 1.31 bits per heavy atom. The summed E-state index contributed by atoms with van der Waals surface area (Å²) in [4.78, 5) is 57.7. The van der Waals surface area contributed by atoms with E-state index < -0.39 is 54.3 Å². The Morgan fingerprint density at radius 1 is 0.828 bits per heavy atom. The topological polar surface area (TPSA) is 132 Å². The average molecular weight is 412 g/mol. The second-order valence-corrected chi connectivity index (χ2v) is 5.53. The van der Waals surface area contributed by atoms with E-state index in [9.17, 15) is 24.0 Å². The number of esters is 5. The van der Waals surface area contributed by atoms with Crippen LogP contribution in [-0.2, 0) is 47.7 Å². The van der Waals surface area contributed by atoms with E-state index in [2.05, 4.69) is 5.92 Å². The fourth-order valence-electron chi connectivity index (χ4n) is 2.15. The van der Waals surface area contributed by atoms with Crippen molar-refractivity contribution < 1.29 is 47.7 Å². The molecule has 0 spiro atoms. The standard InChI is InChI=1S/C19H24O10/c1-7-15(26-11(3)20)18(28-13(5)22)19(29-14(6)23)16(27-12(4)21)9-10-17(24)25-8-2/h1,9-10,15-16,18-19H,8H2,2-6H3/b10-9+/t15-,16+,18-,19-/m1/s1. The molecule has 0 heterocycles. The number of carbonyl (C=O) groups excluding carboxylic acids is 5. The fraction of sp³-hybridized carbons (Fsp3) is 0.526. The summed E-state index contributed by atoms with van der Waals surface area (Å²) in [7, 11) is 0. The van der Waals surface area contributed by atoms with E-state index in [0.29, 0.717) is 0 Å². The van der Waals surface area contributed by atoms with E-state index in [1.807, 2.05) is 0 Å². The number of rotatable bonds is 10. The lowest BCUT2D eigenvalue weighted by Gasteiger charge is -2.32. The van der Waals surface area contributed by atoms with Crippen molar-refractivity contribution in [3.05, 3.63) is 12.2 Å². The highest BCUT2D eigenvalue weighted by Crippen LogP contribution is 2.20. The number of terminal acetylenes is 1. The largest absolute Gasteiger partial charge is 0.463 e. The summed E-state index contributed by atoms with van der Waals surface area (Å²) >= 11 is 0. The number of hydrogen-bond acceptors (Lipinski definition) is 10. The Bertz CT molecular complexity index is 688. The van der Waals surface area contributed by atoms with Crippen molar-refractivity contribution in [3.8, 4) is 12.3 Å². The first kappa shape index (κ1) is 25.6. The summed E-state index contributed by atoms with van der Waals surface area (Å²) in [5.41, 5.74) is 0. The lowest BCUT2D eigenvalue weighted by atomic mass is 10.0. The molecule has 4 atom stereocenters. The quantitative estimate of drug-likeness (QED) is 0.216. The van der Waals surface area contributed by atoms with Crippen molar-refractivity contribution in [2.45, 2.75) is 59.0 Å². The second kappa shape index (κ2) is 12.9. The van der Waals surface area contributed by atoms with Gasteiger partial charge in [-0.2, -0.15) is 0 Å². The van der Waals surface area contributed by atoms with Crippen LogP contribution in [-0.4, -0.2) is 60.9 Å². The van der Waals surface area contributed by atoms with Gasteiger partial charge in [0.05, 0.1) is 6.61 Å². The molecule has 0 unspecified atom stereocenters. The first-order chi connectivity index (χ1) is 13.5. The maximum absolute atomic E-state index is 11.6. The summed E-state index contributed by atoms with van der Waals surface area (Å²) in [6, 6.07) is 0. The Morgan fingerprint density at radius 3 is 1.72 bits per heavy atom. The van der Waals surface area contributed by atoms with Crippen molar-refractivity contribution >= 4 is 29.8 Å². The molecule has 10 heteroatoms. The Hall–Kier alpha value is -3.35. The van der Waals surface area contributed by atoms with Gasteiger partial charge < -0.3 is 23.7 Å². The van der Waals surface area contributed by atoms with Gasteiger partial charge in [0, 0.05) is 33.8 Å². The van der Waals surface area contributed by atoms with Crippen LogP contribution in [0.15, 0.2) is 12.2 Å². The smallest absolute Gasteiger partial charge is 0.330 e. The highest BCUT2D eigenvalue weighted by molar-refractivity contribution is 5.82. The van der Waals surface area contributed by atoms with Gasteiger partial charge in [-0.15, -0.1) is 6.42 Å². The van der Waals surface area contributed by atoms with Crippen LogP contribution in [0.3, 0.4) is 0 Å². The molecule has 0 aromatic heterocycles. The van der Waals surface area contributed by atoms with Crippen molar-refractivity contribution in [1.29, 1.82) is 0 Å². The van der Waals surface area contributed by atoms with Crippen LogP contribution in [0.25, 0.3) is 0 Å². The molecule has 0 rings (SSSR count). The van der Waals surface area contributed by atoms with Crippen LogP contribution in [0.1, 0.15) is 34.6 Å². The van der Waals surface area contributed by atoms with E-state index in [0.717, 1.165) is 39.8 Å². The van der Waals surface area contributed by atoms with Crippen LogP contribution in [0.2, 0.25) is 0 Å². The summed E-state index contributed by atoms with van der Waals surface area (Å²) in [6.07, 6.45) is 1.41. The van der Waals surface area contributed by atoms with Gasteiger partial charge in [-0.05, 0) is 13.0 Å². The molecule has 0 amide bonds. The minimum atomic E-state index is -1.54. The first-order valence-electron chi connectivity index (χ1n) is 8.51. The SMILES string of the molecule is C#C[C@@H](OC(C)=O)[C@@H](OC(C)=O)[C@H](OC(C)=O)[C@H](/C=C/C(=O)OCC)OC(C)=O. The second-order valence-electron chi connectivity index (χ2n) is 5.53. The van der Waals surface area contributed by atoms with E-state index >= 15 is 0 Å². The third kappa shape index (κ3) is 10.5. The van der Waals surface area contributed by atoms with Gasteiger partial charge in [-0.1, -0.05) is 5.92 Å². The van der Waals surface area contributed by atoms with E-state index in [1.165, 1.54) is 0 Å².